The number of rotatable bonds is 12. The van der Waals surface area contributed by atoms with E-state index < -0.39 is 16.1 Å². The average Bonchev–Trinajstić information content (AvgIpc) is 2.81. The fourth-order valence-electron chi connectivity index (χ4n) is 3.71. The summed E-state index contributed by atoms with van der Waals surface area (Å²) in [4.78, 5) is 27.3. The van der Waals surface area contributed by atoms with E-state index in [0.29, 0.717) is 23.0 Å². The maximum absolute atomic E-state index is 13.3. The van der Waals surface area contributed by atoms with Gasteiger partial charge in [-0.2, -0.15) is 0 Å². The number of ether oxygens (including phenoxy) is 1. The number of halogens is 1. The smallest absolute Gasteiger partial charge is 0.242 e. The fourth-order valence-corrected chi connectivity index (χ4v) is 4.89. The standard InChI is InChI=1S/C25H34ClN3O5S/c1-6-27-25(31)19(3)28(17-20-9-7-10-22(15-20)34-4)24(30)11-8-14-29(35(5,32)33)23-16-21(26)13-12-18(23)2/h7,9-10,12-13,15-16,19H,6,8,11,14,17H2,1-5H3,(H,27,31)/t19-/m1/s1. The van der Waals surface area contributed by atoms with Gasteiger partial charge < -0.3 is 15.0 Å². The molecular formula is C25H34ClN3O5S. The van der Waals surface area contributed by atoms with Crippen LogP contribution in [0.4, 0.5) is 5.69 Å². The van der Waals surface area contributed by atoms with Crippen molar-refractivity contribution < 1.29 is 22.7 Å². The van der Waals surface area contributed by atoms with Gasteiger partial charge in [0.05, 0.1) is 19.1 Å². The van der Waals surface area contributed by atoms with E-state index in [-0.39, 0.29) is 37.7 Å². The third kappa shape index (κ3) is 8.14. The topological polar surface area (TPSA) is 96.0 Å². The Morgan fingerprint density at radius 1 is 1.17 bits per heavy atom. The largest absolute Gasteiger partial charge is 0.497 e. The molecule has 0 saturated heterocycles. The molecule has 0 aromatic heterocycles. The zero-order valence-corrected chi connectivity index (χ0v) is 22.4. The van der Waals surface area contributed by atoms with Gasteiger partial charge in [-0.05, 0) is 62.6 Å². The lowest BCUT2D eigenvalue weighted by Gasteiger charge is -2.29. The van der Waals surface area contributed by atoms with Crippen LogP contribution >= 0.6 is 11.6 Å². The minimum Gasteiger partial charge on any atom is -0.497 e. The second-order valence-corrected chi connectivity index (χ2v) is 10.7. The molecule has 2 aromatic rings. The second kappa shape index (κ2) is 12.8. The number of hydrogen-bond acceptors (Lipinski definition) is 5. The van der Waals surface area contributed by atoms with Gasteiger partial charge in [0.15, 0.2) is 0 Å². The van der Waals surface area contributed by atoms with Crippen molar-refractivity contribution in [1.29, 1.82) is 0 Å². The number of nitrogens with zero attached hydrogens (tertiary/aromatic N) is 2. The van der Waals surface area contributed by atoms with E-state index >= 15 is 0 Å². The zero-order chi connectivity index (χ0) is 26.2. The Hall–Kier alpha value is -2.78. The minimum atomic E-state index is -3.60. The van der Waals surface area contributed by atoms with Crippen molar-refractivity contribution in [3.8, 4) is 5.75 Å². The number of sulfonamides is 1. The molecule has 0 fully saturated rings. The number of carbonyl (C=O) groups is 2. The molecule has 0 aliphatic rings. The van der Waals surface area contributed by atoms with Crippen LogP contribution in [0.1, 0.15) is 37.8 Å². The van der Waals surface area contributed by atoms with E-state index in [0.717, 1.165) is 17.4 Å². The third-order valence-electron chi connectivity index (χ3n) is 5.60. The average molecular weight is 524 g/mol. The Balaban J connectivity index is 2.21. The summed E-state index contributed by atoms with van der Waals surface area (Å²) in [5, 5.41) is 3.19. The molecule has 10 heteroatoms. The van der Waals surface area contributed by atoms with Gasteiger partial charge in [0.2, 0.25) is 21.8 Å². The van der Waals surface area contributed by atoms with E-state index in [1.807, 2.05) is 25.1 Å². The molecule has 2 rings (SSSR count). The number of anilines is 1. The van der Waals surface area contributed by atoms with E-state index in [9.17, 15) is 18.0 Å². The van der Waals surface area contributed by atoms with Crippen LogP contribution in [0.3, 0.4) is 0 Å². The van der Waals surface area contributed by atoms with Crippen molar-refractivity contribution in [3.63, 3.8) is 0 Å². The van der Waals surface area contributed by atoms with E-state index in [2.05, 4.69) is 5.32 Å². The summed E-state index contributed by atoms with van der Waals surface area (Å²) in [5.74, 6) is 0.153. The SMILES string of the molecule is CCNC(=O)[C@@H](C)N(Cc1cccc(OC)c1)C(=O)CCCN(c1cc(Cl)ccc1C)S(C)(=O)=O. The van der Waals surface area contributed by atoms with Crippen LogP contribution < -0.4 is 14.4 Å². The highest BCUT2D eigenvalue weighted by Crippen LogP contribution is 2.27. The number of likely N-dealkylation sites (N-methyl/N-ethyl adjacent to an activating group) is 1. The molecule has 2 amide bonds. The van der Waals surface area contributed by atoms with Crippen molar-refractivity contribution in [2.75, 3.05) is 30.8 Å². The number of carbonyl (C=O) groups excluding carboxylic acids is 2. The maximum atomic E-state index is 13.3. The van der Waals surface area contributed by atoms with E-state index in [1.165, 1.54) is 9.21 Å². The second-order valence-electron chi connectivity index (χ2n) is 8.31. The zero-order valence-electron chi connectivity index (χ0n) is 20.9. The quantitative estimate of drug-likeness (QED) is 0.457. The molecule has 0 saturated carbocycles. The number of nitrogens with one attached hydrogen (secondary N) is 1. The first-order valence-corrected chi connectivity index (χ1v) is 13.6. The molecule has 1 atom stereocenters. The summed E-state index contributed by atoms with van der Waals surface area (Å²) < 4.78 is 31.5. The molecule has 0 unspecified atom stereocenters. The highest BCUT2D eigenvalue weighted by atomic mass is 35.5. The first-order chi connectivity index (χ1) is 16.5. The van der Waals surface area contributed by atoms with Crippen LogP contribution in [-0.4, -0.2) is 57.6 Å². The van der Waals surface area contributed by atoms with Crippen molar-refractivity contribution in [3.05, 3.63) is 58.6 Å². The summed E-state index contributed by atoms with van der Waals surface area (Å²) in [5.41, 5.74) is 2.06. The van der Waals surface area contributed by atoms with Crippen molar-refractivity contribution in [2.45, 2.75) is 46.2 Å². The first kappa shape index (κ1) is 28.5. The number of hydrogen-bond donors (Lipinski definition) is 1. The fraction of sp³-hybridized carbons (Fsp3) is 0.440. The molecular weight excluding hydrogens is 490 g/mol. The maximum Gasteiger partial charge on any atom is 0.242 e. The van der Waals surface area contributed by atoms with Gasteiger partial charge in [-0.25, -0.2) is 8.42 Å². The molecule has 0 spiro atoms. The molecule has 0 bridgehead atoms. The predicted octanol–water partition coefficient (Wildman–Crippen LogP) is 3.76. The molecule has 192 valence electrons. The van der Waals surface area contributed by atoms with Gasteiger partial charge in [0, 0.05) is 31.1 Å². The summed E-state index contributed by atoms with van der Waals surface area (Å²) in [6.45, 7) is 6.08. The van der Waals surface area contributed by atoms with Crippen LogP contribution in [-0.2, 0) is 26.2 Å². The Morgan fingerprint density at radius 2 is 1.89 bits per heavy atom. The molecule has 0 heterocycles. The Kier molecular flexibility index (Phi) is 10.4. The highest BCUT2D eigenvalue weighted by molar-refractivity contribution is 7.92. The summed E-state index contributed by atoms with van der Waals surface area (Å²) >= 11 is 6.10. The number of aryl methyl sites for hydroxylation is 1. The molecule has 35 heavy (non-hydrogen) atoms. The van der Waals surface area contributed by atoms with Gasteiger partial charge in [-0.3, -0.25) is 13.9 Å². The van der Waals surface area contributed by atoms with E-state index in [1.54, 1.807) is 45.2 Å². The van der Waals surface area contributed by atoms with Crippen LogP contribution in [0, 0.1) is 6.92 Å². The molecule has 8 nitrogen and oxygen atoms in total. The van der Waals surface area contributed by atoms with E-state index in [4.69, 9.17) is 16.3 Å². The molecule has 0 aliphatic heterocycles. The molecule has 0 radical (unpaired) electrons. The summed E-state index contributed by atoms with van der Waals surface area (Å²) in [6, 6.07) is 11.7. The van der Waals surface area contributed by atoms with Gasteiger partial charge in [0.1, 0.15) is 11.8 Å². The van der Waals surface area contributed by atoms with Gasteiger partial charge >= 0.3 is 0 Å². The molecule has 0 aliphatic carbocycles. The summed E-state index contributed by atoms with van der Waals surface area (Å²) in [7, 11) is -2.03. The lowest BCUT2D eigenvalue weighted by atomic mass is 10.1. The molecule has 2 aromatic carbocycles. The predicted molar refractivity (Wildman–Crippen MR) is 139 cm³/mol. The van der Waals surface area contributed by atoms with Crippen molar-refractivity contribution in [1.82, 2.24) is 10.2 Å². The van der Waals surface area contributed by atoms with Crippen LogP contribution in [0.25, 0.3) is 0 Å². The highest BCUT2D eigenvalue weighted by Gasteiger charge is 2.26. The minimum absolute atomic E-state index is 0.0688. The Morgan fingerprint density at radius 3 is 2.51 bits per heavy atom. The van der Waals surface area contributed by atoms with Crippen LogP contribution in [0.5, 0.6) is 5.75 Å². The Bertz CT molecular complexity index is 1140. The van der Waals surface area contributed by atoms with Crippen molar-refractivity contribution in [2.24, 2.45) is 0 Å². The Labute approximate surface area is 213 Å². The lowest BCUT2D eigenvalue weighted by molar-refractivity contribution is -0.140. The lowest BCUT2D eigenvalue weighted by Crippen LogP contribution is -2.47. The first-order valence-electron chi connectivity index (χ1n) is 11.4. The normalized spacial score (nSPS) is 12.1. The van der Waals surface area contributed by atoms with Crippen molar-refractivity contribution >= 4 is 39.1 Å². The van der Waals surface area contributed by atoms with Crippen LogP contribution in [0.15, 0.2) is 42.5 Å². The number of amides is 2. The van der Waals surface area contributed by atoms with Crippen LogP contribution in [0.2, 0.25) is 5.02 Å². The monoisotopic (exact) mass is 523 g/mol. The van der Waals surface area contributed by atoms with Gasteiger partial charge in [0.25, 0.3) is 0 Å². The third-order valence-corrected chi connectivity index (χ3v) is 7.01. The summed E-state index contributed by atoms with van der Waals surface area (Å²) in [6.07, 6.45) is 1.47. The van der Waals surface area contributed by atoms with Gasteiger partial charge in [-0.15, -0.1) is 0 Å². The molecule has 1 N–H and O–H groups in total. The number of benzene rings is 2. The van der Waals surface area contributed by atoms with Gasteiger partial charge in [-0.1, -0.05) is 29.8 Å². The number of methoxy groups -OCH3 is 1.